The van der Waals surface area contributed by atoms with Crippen molar-refractivity contribution in [3.8, 4) is 0 Å². The van der Waals surface area contributed by atoms with E-state index >= 15 is 0 Å². The average Bonchev–Trinajstić information content (AvgIpc) is 2.42. The van der Waals surface area contributed by atoms with E-state index < -0.39 is 0 Å². The van der Waals surface area contributed by atoms with Gasteiger partial charge in [-0.25, -0.2) is 4.39 Å². The number of benzene rings is 1. The van der Waals surface area contributed by atoms with E-state index in [0.717, 1.165) is 12.0 Å². The van der Waals surface area contributed by atoms with Crippen LogP contribution in [0.4, 0.5) is 4.39 Å². The molecule has 1 nitrogen and oxygen atoms in total. The Morgan fingerprint density at radius 3 is 2.47 bits per heavy atom. The predicted octanol–water partition coefficient (Wildman–Crippen LogP) is 5.23. The van der Waals surface area contributed by atoms with Gasteiger partial charge in [0, 0.05) is 17.6 Å². The van der Waals surface area contributed by atoms with E-state index in [-0.39, 0.29) is 11.9 Å². The largest absolute Gasteiger partial charge is 0.307 e. The highest BCUT2D eigenvalue weighted by Gasteiger charge is 2.15. The number of rotatable bonds is 9. The van der Waals surface area contributed by atoms with Crippen molar-refractivity contribution < 1.29 is 4.39 Å². The molecule has 0 fully saturated rings. The Balaban J connectivity index is 2.46. The molecule has 0 aromatic heterocycles. The number of hydrogen-bond donors (Lipinski definition) is 1. The number of halogens is 1. The van der Waals surface area contributed by atoms with Crippen LogP contribution in [-0.4, -0.2) is 6.04 Å². The molecule has 0 aliphatic heterocycles. The topological polar surface area (TPSA) is 12.0 Å². The van der Waals surface area contributed by atoms with Crippen LogP contribution in [0.25, 0.3) is 0 Å². The van der Waals surface area contributed by atoms with Gasteiger partial charge in [0.2, 0.25) is 0 Å². The van der Waals surface area contributed by atoms with Gasteiger partial charge in [0.1, 0.15) is 5.82 Å². The van der Waals surface area contributed by atoms with Crippen molar-refractivity contribution in [1.29, 1.82) is 0 Å². The van der Waals surface area contributed by atoms with E-state index in [0.29, 0.717) is 6.04 Å². The fourth-order valence-electron chi connectivity index (χ4n) is 2.49. The summed E-state index contributed by atoms with van der Waals surface area (Å²) in [6, 6.07) is 7.67. The Hall–Kier alpha value is -0.890. The second-order valence-corrected chi connectivity index (χ2v) is 5.40. The van der Waals surface area contributed by atoms with Gasteiger partial charge in [-0.15, -0.1) is 0 Å². The Labute approximate surface area is 117 Å². The normalized spacial score (nSPS) is 14.3. The summed E-state index contributed by atoms with van der Waals surface area (Å²) in [5.41, 5.74) is 0.797. The van der Waals surface area contributed by atoms with Crippen molar-refractivity contribution >= 4 is 0 Å². The van der Waals surface area contributed by atoms with Crippen LogP contribution in [0.3, 0.4) is 0 Å². The van der Waals surface area contributed by atoms with Crippen LogP contribution in [-0.2, 0) is 0 Å². The lowest BCUT2D eigenvalue weighted by Gasteiger charge is -2.23. The van der Waals surface area contributed by atoms with Crippen molar-refractivity contribution in [1.82, 2.24) is 5.32 Å². The van der Waals surface area contributed by atoms with Crippen molar-refractivity contribution in [2.24, 2.45) is 0 Å². The first kappa shape index (κ1) is 16.2. The molecule has 0 aliphatic rings. The van der Waals surface area contributed by atoms with Crippen molar-refractivity contribution in [2.45, 2.75) is 71.4 Å². The van der Waals surface area contributed by atoms with Crippen LogP contribution >= 0.6 is 0 Å². The summed E-state index contributed by atoms with van der Waals surface area (Å²) in [6.07, 6.45) is 7.24. The molecular weight excluding hydrogens is 237 g/mol. The third-order valence-corrected chi connectivity index (χ3v) is 3.67. The predicted molar refractivity (Wildman–Crippen MR) is 80.8 cm³/mol. The molecule has 0 amide bonds. The Bertz CT molecular complexity index is 351. The van der Waals surface area contributed by atoms with Crippen LogP contribution in [0.5, 0.6) is 0 Å². The van der Waals surface area contributed by atoms with Gasteiger partial charge in [0.15, 0.2) is 0 Å². The molecule has 1 N–H and O–H groups in total. The average molecular weight is 265 g/mol. The lowest BCUT2D eigenvalue weighted by Crippen LogP contribution is -2.30. The maximum Gasteiger partial charge on any atom is 0.127 e. The molecule has 0 aliphatic carbocycles. The smallest absolute Gasteiger partial charge is 0.127 e. The first-order valence-corrected chi connectivity index (χ1v) is 7.69. The van der Waals surface area contributed by atoms with Crippen molar-refractivity contribution in [3.63, 3.8) is 0 Å². The van der Waals surface area contributed by atoms with Crippen LogP contribution in [0.1, 0.15) is 70.9 Å². The summed E-state index contributed by atoms with van der Waals surface area (Å²) in [5.74, 6) is -0.0972. The minimum absolute atomic E-state index is 0.0972. The number of hydrogen-bond acceptors (Lipinski definition) is 1. The number of nitrogens with one attached hydrogen (secondary N) is 1. The molecule has 1 aromatic rings. The van der Waals surface area contributed by atoms with Gasteiger partial charge in [-0.2, -0.15) is 0 Å². The molecule has 2 heteroatoms. The Kier molecular flexibility index (Phi) is 7.73. The van der Waals surface area contributed by atoms with Crippen LogP contribution in [0.2, 0.25) is 0 Å². The molecule has 0 saturated heterocycles. The van der Waals surface area contributed by atoms with Crippen LogP contribution in [0, 0.1) is 5.82 Å². The Morgan fingerprint density at radius 1 is 1.11 bits per heavy atom. The molecule has 2 unspecified atom stereocenters. The highest BCUT2D eigenvalue weighted by atomic mass is 19.1. The van der Waals surface area contributed by atoms with Crippen molar-refractivity contribution in [3.05, 3.63) is 35.6 Å². The minimum Gasteiger partial charge on any atom is -0.307 e. The molecule has 2 atom stereocenters. The van der Waals surface area contributed by atoms with E-state index in [1.165, 1.54) is 32.1 Å². The van der Waals surface area contributed by atoms with E-state index in [4.69, 9.17) is 0 Å². The molecule has 1 aromatic carbocycles. The van der Waals surface area contributed by atoms with Gasteiger partial charge in [0.25, 0.3) is 0 Å². The van der Waals surface area contributed by atoms with Crippen LogP contribution in [0.15, 0.2) is 24.3 Å². The molecule has 0 bridgehead atoms. The third kappa shape index (κ3) is 5.73. The van der Waals surface area contributed by atoms with Gasteiger partial charge < -0.3 is 5.32 Å². The summed E-state index contributed by atoms with van der Waals surface area (Å²) in [7, 11) is 0. The van der Waals surface area contributed by atoms with Gasteiger partial charge in [-0.05, 0) is 25.8 Å². The second-order valence-electron chi connectivity index (χ2n) is 5.40. The molecule has 0 saturated carbocycles. The zero-order valence-electron chi connectivity index (χ0n) is 12.6. The lowest BCUT2D eigenvalue weighted by atomic mass is 10.0. The van der Waals surface area contributed by atoms with Crippen LogP contribution < -0.4 is 5.32 Å². The highest BCUT2D eigenvalue weighted by molar-refractivity contribution is 5.21. The Morgan fingerprint density at radius 2 is 1.84 bits per heavy atom. The lowest BCUT2D eigenvalue weighted by molar-refractivity contribution is 0.404. The fraction of sp³-hybridized carbons (Fsp3) is 0.647. The quantitative estimate of drug-likeness (QED) is 0.603. The number of unbranched alkanes of at least 4 members (excludes halogenated alkanes) is 3. The van der Waals surface area contributed by atoms with Gasteiger partial charge in [-0.1, -0.05) is 57.7 Å². The SMILES string of the molecule is CCCCCCC(C)NC(CC)c1ccccc1F. The van der Waals surface area contributed by atoms with Gasteiger partial charge in [-0.3, -0.25) is 0 Å². The molecule has 108 valence electrons. The maximum atomic E-state index is 13.8. The highest BCUT2D eigenvalue weighted by Crippen LogP contribution is 2.21. The van der Waals surface area contributed by atoms with Gasteiger partial charge >= 0.3 is 0 Å². The van der Waals surface area contributed by atoms with Gasteiger partial charge in [0.05, 0.1) is 0 Å². The summed E-state index contributed by atoms with van der Waals surface area (Å²) in [4.78, 5) is 0. The summed E-state index contributed by atoms with van der Waals surface area (Å²) < 4.78 is 13.8. The zero-order valence-corrected chi connectivity index (χ0v) is 12.6. The standard InChI is InChI=1S/C17H28FN/c1-4-6-7-8-11-14(3)19-17(5-2)15-12-9-10-13-16(15)18/h9-10,12-14,17,19H,4-8,11H2,1-3H3. The molecule has 19 heavy (non-hydrogen) atoms. The van der Waals surface area contributed by atoms with E-state index in [2.05, 4.69) is 26.1 Å². The molecule has 0 heterocycles. The third-order valence-electron chi connectivity index (χ3n) is 3.67. The molecule has 0 radical (unpaired) electrons. The summed E-state index contributed by atoms with van der Waals surface area (Å²) in [5, 5.41) is 3.56. The zero-order chi connectivity index (χ0) is 14.1. The van der Waals surface area contributed by atoms with E-state index in [1.54, 1.807) is 12.1 Å². The molecular formula is C17H28FN. The molecule has 0 spiro atoms. The van der Waals surface area contributed by atoms with Crippen molar-refractivity contribution in [2.75, 3.05) is 0 Å². The maximum absolute atomic E-state index is 13.8. The second kappa shape index (κ2) is 9.08. The summed E-state index contributed by atoms with van der Waals surface area (Å²) in [6.45, 7) is 6.54. The monoisotopic (exact) mass is 265 g/mol. The van der Waals surface area contributed by atoms with E-state index in [9.17, 15) is 4.39 Å². The fourth-order valence-corrected chi connectivity index (χ4v) is 2.49. The molecule has 1 rings (SSSR count). The minimum atomic E-state index is -0.0972. The summed E-state index contributed by atoms with van der Waals surface area (Å²) >= 11 is 0. The van der Waals surface area contributed by atoms with E-state index in [1.807, 2.05) is 12.1 Å². The first-order chi connectivity index (χ1) is 9.19. The first-order valence-electron chi connectivity index (χ1n) is 7.69.